The molecule has 2 N–H and O–H groups in total. The molecule has 0 aliphatic carbocycles. The van der Waals surface area contributed by atoms with Gasteiger partial charge in [-0.25, -0.2) is 0 Å². The third-order valence-electron chi connectivity index (χ3n) is 2.27. The molecule has 0 fully saturated rings. The van der Waals surface area contributed by atoms with Crippen LogP contribution >= 0.6 is 0 Å². The molecule has 1 aromatic carbocycles. The molecule has 0 aromatic heterocycles. The van der Waals surface area contributed by atoms with Gasteiger partial charge in [0.1, 0.15) is 5.75 Å². The first kappa shape index (κ1) is 13.0. The Morgan fingerprint density at radius 1 is 1.41 bits per heavy atom. The number of para-hydroxylation sites is 1. The second-order valence-corrected chi connectivity index (χ2v) is 3.59. The molecule has 0 unspecified atom stereocenters. The largest absolute Gasteiger partial charge is 0.496 e. The fourth-order valence-corrected chi connectivity index (χ4v) is 1.61. The number of benzene rings is 1. The Morgan fingerprint density at radius 2 is 2.06 bits per heavy atom. The van der Waals surface area contributed by atoms with Crippen molar-refractivity contribution in [1.29, 1.82) is 0 Å². The number of methoxy groups -OCH3 is 1. The van der Waals surface area contributed by atoms with Crippen LogP contribution in [0.1, 0.15) is 24.9 Å². The Labute approximate surface area is 99.4 Å². The molecular formula is C12H15NO4. The first-order valence-corrected chi connectivity index (χ1v) is 5.16. The number of hydrogen-bond acceptors (Lipinski definition) is 3. The Kier molecular flexibility index (Phi) is 4.51. The Morgan fingerprint density at radius 3 is 2.59 bits per heavy atom. The van der Waals surface area contributed by atoms with Gasteiger partial charge in [-0.2, -0.15) is 0 Å². The molecule has 0 aliphatic heterocycles. The van der Waals surface area contributed by atoms with Gasteiger partial charge in [0.15, 0.2) is 0 Å². The highest BCUT2D eigenvalue weighted by atomic mass is 16.5. The number of carboxylic acids is 1. The molecule has 0 saturated heterocycles. The Bertz CT molecular complexity index is 401. The number of nitrogens with one attached hydrogen (secondary N) is 1. The minimum absolute atomic E-state index is 0.181. The molecule has 1 amide bonds. The fourth-order valence-electron chi connectivity index (χ4n) is 1.61. The SMILES string of the molecule is COc1ccccc1[C@@H](CC(=O)O)NC(C)=O. The summed E-state index contributed by atoms with van der Waals surface area (Å²) >= 11 is 0. The van der Waals surface area contributed by atoms with E-state index in [0.717, 1.165) is 0 Å². The molecule has 1 rings (SSSR count). The van der Waals surface area contributed by atoms with Gasteiger partial charge in [0.25, 0.3) is 0 Å². The van der Waals surface area contributed by atoms with Gasteiger partial charge in [0, 0.05) is 12.5 Å². The minimum atomic E-state index is -0.977. The summed E-state index contributed by atoms with van der Waals surface area (Å²) in [5.74, 6) is -0.690. The summed E-state index contributed by atoms with van der Waals surface area (Å²) in [6.45, 7) is 1.35. The van der Waals surface area contributed by atoms with Gasteiger partial charge < -0.3 is 15.2 Å². The topological polar surface area (TPSA) is 75.6 Å². The zero-order chi connectivity index (χ0) is 12.8. The number of hydrogen-bond donors (Lipinski definition) is 2. The maximum absolute atomic E-state index is 11.1. The number of rotatable bonds is 5. The van der Waals surface area contributed by atoms with Crippen molar-refractivity contribution in [3.8, 4) is 5.75 Å². The summed E-state index contributed by atoms with van der Waals surface area (Å²) in [4.78, 5) is 21.8. The fraction of sp³-hybridized carbons (Fsp3) is 0.333. The molecule has 1 atom stereocenters. The molecule has 92 valence electrons. The van der Waals surface area contributed by atoms with Gasteiger partial charge in [-0.05, 0) is 6.07 Å². The number of carbonyl (C=O) groups is 2. The molecule has 5 nitrogen and oxygen atoms in total. The first-order valence-electron chi connectivity index (χ1n) is 5.16. The van der Waals surface area contributed by atoms with Crippen molar-refractivity contribution in [2.24, 2.45) is 0 Å². The predicted molar refractivity (Wildman–Crippen MR) is 61.8 cm³/mol. The lowest BCUT2D eigenvalue weighted by molar-refractivity contribution is -0.137. The van der Waals surface area contributed by atoms with E-state index in [1.807, 2.05) is 0 Å². The van der Waals surface area contributed by atoms with Crippen molar-refractivity contribution in [2.75, 3.05) is 7.11 Å². The minimum Gasteiger partial charge on any atom is -0.496 e. The molecule has 17 heavy (non-hydrogen) atoms. The van der Waals surface area contributed by atoms with Gasteiger partial charge in [-0.15, -0.1) is 0 Å². The average Bonchev–Trinajstić information content (AvgIpc) is 2.27. The second kappa shape index (κ2) is 5.89. The van der Waals surface area contributed by atoms with E-state index in [1.165, 1.54) is 14.0 Å². The maximum Gasteiger partial charge on any atom is 0.305 e. The van der Waals surface area contributed by atoms with Crippen molar-refractivity contribution in [3.05, 3.63) is 29.8 Å². The smallest absolute Gasteiger partial charge is 0.305 e. The van der Waals surface area contributed by atoms with Crippen LogP contribution in [-0.2, 0) is 9.59 Å². The number of carboxylic acid groups (broad SMARTS) is 1. The van der Waals surface area contributed by atoms with Crippen LogP contribution in [0.5, 0.6) is 5.75 Å². The van der Waals surface area contributed by atoms with Crippen molar-refractivity contribution in [1.82, 2.24) is 5.32 Å². The Balaban J connectivity index is 3.02. The number of aliphatic carboxylic acids is 1. The van der Waals surface area contributed by atoms with Gasteiger partial charge in [-0.3, -0.25) is 9.59 Å². The highest BCUT2D eigenvalue weighted by molar-refractivity contribution is 5.75. The van der Waals surface area contributed by atoms with Crippen molar-refractivity contribution in [2.45, 2.75) is 19.4 Å². The third-order valence-corrected chi connectivity index (χ3v) is 2.27. The summed E-state index contributed by atoms with van der Waals surface area (Å²) in [7, 11) is 1.50. The van der Waals surface area contributed by atoms with Gasteiger partial charge in [-0.1, -0.05) is 18.2 Å². The first-order chi connectivity index (χ1) is 8.04. The number of ether oxygens (including phenoxy) is 1. The lowest BCUT2D eigenvalue weighted by Crippen LogP contribution is -2.28. The van der Waals surface area contributed by atoms with Gasteiger partial charge in [0.2, 0.25) is 5.91 Å². The van der Waals surface area contributed by atoms with Gasteiger partial charge in [0.05, 0.1) is 19.6 Å². The lowest BCUT2D eigenvalue weighted by atomic mass is 10.0. The van der Waals surface area contributed by atoms with Crippen LogP contribution in [0, 0.1) is 0 Å². The van der Waals surface area contributed by atoms with Crippen molar-refractivity contribution < 1.29 is 19.4 Å². The van der Waals surface area contributed by atoms with E-state index in [0.29, 0.717) is 11.3 Å². The predicted octanol–water partition coefficient (Wildman–Crippen LogP) is 1.35. The zero-order valence-electron chi connectivity index (χ0n) is 9.77. The normalized spacial score (nSPS) is 11.6. The summed E-state index contributed by atoms with van der Waals surface area (Å²) < 4.78 is 5.15. The average molecular weight is 237 g/mol. The van der Waals surface area contributed by atoms with Gasteiger partial charge >= 0.3 is 5.97 Å². The monoisotopic (exact) mass is 237 g/mol. The summed E-state index contributed by atoms with van der Waals surface area (Å²) in [6.07, 6.45) is -0.181. The second-order valence-electron chi connectivity index (χ2n) is 3.59. The van der Waals surface area contributed by atoms with Crippen LogP contribution in [-0.4, -0.2) is 24.1 Å². The van der Waals surface area contributed by atoms with E-state index in [4.69, 9.17) is 9.84 Å². The molecule has 5 heteroatoms. The highest BCUT2D eigenvalue weighted by Crippen LogP contribution is 2.26. The molecule has 0 heterocycles. The van der Waals surface area contributed by atoms with Crippen LogP contribution in [0.15, 0.2) is 24.3 Å². The quantitative estimate of drug-likeness (QED) is 0.810. The third kappa shape index (κ3) is 3.79. The molecule has 0 radical (unpaired) electrons. The number of amides is 1. The van der Waals surface area contributed by atoms with E-state index in [-0.39, 0.29) is 12.3 Å². The zero-order valence-corrected chi connectivity index (χ0v) is 9.77. The van der Waals surface area contributed by atoms with E-state index in [9.17, 15) is 9.59 Å². The molecule has 1 aromatic rings. The van der Waals surface area contributed by atoms with Crippen LogP contribution in [0.25, 0.3) is 0 Å². The molecular weight excluding hydrogens is 222 g/mol. The van der Waals surface area contributed by atoms with Crippen LogP contribution in [0.3, 0.4) is 0 Å². The van der Waals surface area contributed by atoms with E-state index >= 15 is 0 Å². The molecule has 0 bridgehead atoms. The van der Waals surface area contributed by atoms with Crippen molar-refractivity contribution >= 4 is 11.9 Å². The summed E-state index contributed by atoms with van der Waals surface area (Å²) in [5.41, 5.74) is 0.660. The van der Waals surface area contributed by atoms with Crippen LogP contribution in [0.2, 0.25) is 0 Å². The highest BCUT2D eigenvalue weighted by Gasteiger charge is 2.19. The lowest BCUT2D eigenvalue weighted by Gasteiger charge is -2.18. The van der Waals surface area contributed by atoms with E-state index in [2.05, 4.69) is 5.32 Å². The summed E-state index contributed by atoms with van der Waals surface area (Å²) in [5, 5.41) is 11.4. The van der Waals surface area contributed by atoms with E-state index < -0.39 is 12.0 Å². The summed E-state index contributed by atoms with van der Waals surface area (Å²) in [6, 6.07) is 6.44. The van der Waals surface area contributed by atoms with Crippen LogP contribution < -0.4 is 10.1 Å². The molecule has 0 spiro atoms. The van der Waals surface area contributed by atoms with E-state index in [1.54, 1.807) is 24.3 Å². The van der Waals surface area contributed by atoms with Crippen molar-refractivity contribution in [3.63, 3.8) is 0 Å². The maximum atomic E-state index is 11.1. The Hall–Kier alpha value is -2.04. The number of carbonyl (C=O) groups excluding carboxylic acids is 1. The molecule has 0 aliphatic rings. The van der Waals surface area contributed by atoms with Crippen LogP contribution in [0.4, 0.5) is 0 Å². The standard InChI is InChI=1S/C12H15NO4/c1-8(14)13-10(7-12(15)16)9-5-3-4-6-11(9)17-2/h3-6,10H,7H2,1-2H3,(H,13,14)(H,15,16)/t10-/m1/s1. The molecule has 0 saturated carbocycles.